The van der Waals surface area contributed by atoms with Crippen LogP contribution in [0.25, 0.3) is 0 Å². The highest BCUT2D eigenvalue weighted by atomic mass is 79.9. The van der Waals surface area contributed by atoms with E-state index < -0.39 is 0 Å². The molecule has 0 aliphatic heterocycles. The summed E-state index contributed by atoms with van der Waals surface area (Å²) in [6.45, 7) is 0.0302. The van der Waals surface area contributed by atoms with E-state index >= 15 is 0 Å². The molecule has 7 heteroatoms. The maximum Gasteiger partial charge on any atom is 0.261 e. The molecule has 0 bridgehead atoms. The SMILES string of the molecule is O=C(CNC(=O)c1cc(Br)c(Br)s1)NC1CC1. The molecule has 1 aromatic heterocycles. The molecule has 0 radical (unpaired) electrons. The van der Waals surface area contributed by atoms with Crippen molar-refractivity contribution in [3.05, 3.63) is 19.2 Å². The minimum absolute atomic E-state index is 0.0302. The molecule has 0 spiro atoms. The Morgan fingerprint density at radius 2 is 2.12 bits per heavy atom. The Balaban J connectivity index is 1.81. The molecule has 0 aromatic carbocycles. The van der Waals surface area contributed by atoms with E-state index in [1.807, 2.05) is 0 Å². The molecule has 1 aromatic rings. The average Bonchev–Trinajstić information content (AvgIpc) is 3.02. The maximum absolute atomic E-state index is 11.7. The Kier molecular flexibility index (Phi) is 4.22. The van der Waals surface area contributed by atoms with Gasteiger partial charge in [0.25, 0.3) is 5.91 Å². The zero-order valence-electron chi connectivity index (χ0n) is 8.76. The third-order valence-corrected chi connectivity index (χ3v) is 5.48. The Morgan fingerprint density at radius 1 is 1.41 bits per heavy atom. The van der Waals surface area contributed by atoms with E-state index in [1.54, 1.807) is 6.07 Å². The Labute approximate surface area is 119 Å². The highest BCUT2D eigenvalue weighted by Crippen LogP contribution is 2.32. The number of carbonyl (C=O) groups is 2. The summed E-state index contributed by atoms with van der Waals surface area (Å²) in [6, 6.07) is 2.05. The van der Waals surface area contributed by atoms with Gasteiger partial charge >= 0.3 is 0 Å². The Hall–Kier alpha value is -0.400. The number of nitrogens with one attached hydrogen (secondary N) is 2. The second kappa shape index (κ2) is 5.49. The number of halogens is 2. The van der Waals surface area contributed by atoms with Crippen LogP contribution in [0, 0.1) is 0 Å². The molecule has 4 nitrogen and oxygen atoms in total. The summed E-state index contributed by atoms with van der Waals surface area (Å²) in [5, 5.41) is 5.40. The van der Waals surface area contributed by atoms with Crippen molar-refractivity contribution in [3.8, 4) is 0 Å². The first-order chi connectivity index (χ1) is 8.06. The third-order valence-electron chi connectivity index (χ3n) is 2.22. The molecule has 1 fully saturated rings. The Morgan fingerprint density at radius 3 is 2.65 bits per heavy atom. The first kappa shape index (κ1) is 13.0. The first-order valence-corrected chi connectivity index (χ1v) is 7.49. The molecular formula is C10H10Br2N2O2S. The fourth-order valence-corrected chi connectivity index (χ4v) is 3.16. The van der Waals surface area contributed by atoms with Crippen molar-refractivity contribution in [2.75, 3.05) is 6.54 Å². The molecule has 2 N–H and O–H groups in total. The van der Waals surface area contributed by atoms with Gasteiger partial charge in [0.15, 0.2) is 0 Å². The van der Waals surface area contributed by atoms with Gasteiger partial charge in [-0.05, 0) is 50.8 Å². The van der Waals surface area contributed by atoms with Crippen molar-refractivity contribution in [1.29, 1.82) is 0 Å². The molecule has 1 aliphatic carbocycles. The van der Waals surface area contributed by atoms with E-state index in [2.05, 4.69) is 42.5 Å². The number of carbonyl (C=O) groups excluding carboxylic acids is 2. The standard InChI is InChI=1S/C10H10Br2N2O2S/c11-6-3-7(17-9(6)12)10(16)13-4-8(15)14-5-1-2-5/h3,5H,1-2,4H2,(H,13,16)(H,14,15). The lowest BCUT2D eigenvalue weighted by Crippen LogP contribution is -2.37. The highest BCUT2D eigenvalue weighted by Gasteiger charge is 2.23. The molecule has 2 amide bonds. The van der Waals surface area contributed by atoms with Gasteiger partial charge in [-0.25, -0.2) is 0 Å². The van der Waals surface area contributed by atoms with Crippen LogP contribution in [0.2, 0.25) is 0 Å². The molecule has 0 unspecified atom stereocenters. The molecule has 2 rings (SSSR count). The van der Waals surface area contributed by atoms with Gasteiger partial charge in [0.1, 0.15) is 0 Å². The Bertz CT molecular complexity index is 438. The summed E-state index contributed by atoms with van der Waals surface area (Å²) >= 11 is 7.95. The topological polar surface area (TPSA) is 58.2 Å². The summed E-state index contributed by atoms with van der Waals surface area (Å²) in [4.78, 5) is 23.6. The number of hydrogen-bond donors (Lipinski definition) is 2. The van der Waals surface area contributed by atoms with Crippen LogP contribution in [-0.4, -0.2) is 24.4 Å². The second-order valence-electron chi connectivity index (χ2n) is 3.76. The van der Waals surface area contributed by atoms with Crippen LogP contribution in [0.5, 0.6) is 0 Å². The summed E-state index contributed by atoms with van der Waals surface area (Å²) < 4.78 is 1.71. The van der Waals surface area contributed by atoms with E-state index in [9.17, 15) is 9.59 Å². The summed E-state index contributed by atoms with van der Waals surface area (Å²) in [5.41, 5.74) is 0. The molecule has 92 valence electrons. The fourth-order valence-electron chi connectivity index (χ4n) is 1.21. The van der Waals surface area contributed by atoms with Crippen molar-refractivity contribution >= 4 is 55.0 Å². The summed E-state index contributed by atoms with van der Waals surface area (Å²) in [7, 11) is 0. The fraction of sp³-hybridized carbons (Fsp3) is 0.400. The minimum Gasteiger partial charge on any atom is -0.352 e. The summed E-state index contributed by atoms with van der Waals surface area (Å²) in [6.07, 6.45) is 2.09. The zero-order chi connectivity index (χ0) is 12.4. The van der Waals surface area contributed by atoms with Crippen molar-refractivity contribution in [2.24, 2.45) is 0 Å². The predicted octanol–water partition coefficient (Wildman–Crippen LogP) is 2.28. The van der Waals surface area contributed by atoms with E-state index in [4.69, 9.17) is 0 Å². The monoisotopic (exact) mass is 380 g/mol. The number of hydrogen-bond acceptors (Lipinski definition) is 3. The van der Waals surface area contributed by atoms with Gasteiger partial charge in [0, 0.05) is 10.5 Å². The van der Waals surface area contributed by atoms with E-state index in [0.29, 0.717) is 10.9 Å². The van der Waals surface area contributed by atoms with Crippen LogP contribution in [0.1, 0.15) is 22.5 Å². The quantitative estimate of drug-likeness (QED) is 0.840. The van der Waals surface area contributed by atoms with E-state index in [0.717, 1.165) is 21.1 Å². The van der Waals surface area contributed by atoms with Crippen LogP contribution < -0.4 is 10.6 Å². The van der Waals surface area contributed by atoms with Crippen molar-refractivity contribution < 1.29 is 9.59 Å². The van der Waals surface area contributed by atoms with Crippen LogP contribution in [0.4, 0.5) is 0 Å². The van der Waals surface area contributed by atoms with Gasteiger partial charge < -0.3 is 10.6 Å². The van der Waals surface area contributed by atoms with Crippen LogP contribution >= 0.6 is 43.2 Å². The second-order valence-corrected chi connectivity index (χ2v) is 6.98. The van der Waals surface area contributed by atoms with Crippen LogP contribution in [0.15, 0.2) is 14.3 Å². The van der Waals surface area contributed by atoms with E-state index in [-0.39, 0.29) is 18.4 Å². The molecule has 1 saturated carbocycles. The largest absolute Gasteiger partial charge is 0.352 e. The number of thiophene rings is 1. The van der Waals surface area contributed by atoms with E-state index in [1.165, 1.54) is 11.3 Å². The normalized spacial score (nSPS) is 14.5. The van der Waals surface area contributed by atoms with Crippen molar-refractivity contribution in [2.45, 2.75) is 18.9 Å². The lowest BCUT2D eigenvalue weighted by molar-refractivity contribution is -0.120. The van der Waals surface area contributed by atoms with Crippen LogP contribution in [-0.2, 0) is 4.79 Å². The molecule has 17 heavy (non-hydrogen) atoms. The number of amides is 2. The van der Waals surface area contributed by atoms with Gasteiger partial charge in [-0.1, -0.05) is 0 Å². The third kappa shape index (κ3) is 3.79. The van der Waals surface area contributed by atoms with Gasteiger partial charge in [0.2, 0.25) is 5.91 Å². The molecular weight excluding hydrogens is 372 g/mol. The predicted molar refractivity (Wildman–Crippen MR) is 73.2 cm³/mol. The van der Waals surface area contributed by atoms with Gasteiger partial charge in [-0.2, -0.15) is 0 Å². The molecule has 1 heterocycles. The number of rotatable bonds is 4. The zero-order valence-corrected chi connectivity index (χ0v) is 12.7. The van der Waals surface area contributed by atoms with Gasteiger partial charge in [-0.3, -0.25) is 9.59 Å². The molecule has 1 aliphatic rings. The lowest BCUT2D eigenvalue weighted by Gasteiger charge is -2.04. The van der Waals surface area contributed by atoms with Gasteiger partial charge in [-0.15, -0.1) is 11.3 Å². The molecule has 0 saturated heterocycles. The smallest absolute Gasteiger partial charge is 0.261 e. The van der Waals surface area contributed by atoms with Crippen LogP contribution in [0.3, 0.4) is 0 Å². The maximum atomic E-state index is 11.7. The van der Waals surface area contributed by atoms with Gasteiger partial charge in [0.05, 0.1) is 15.2 Å². The molecule has 0 atom stereocenters. The lowest BCUT2D eigenvalue weighted by atomic mass is 10.4. The highest BCUT2D eigenvalue weighted by molar-refractivity contribution is 9.13. The minimum atomic E-state index is -0.229. The first-order valence-electron chi connectivity index (χ1n) is 5.08. The average molecular weight is 382 g/mol. The van der Waals surface area contributed by atoms with Crippen molar-refractivity contribution in [1.82, 2.24) is 10.6 Å². The summed E-state index contributed by atoms with van der Waals surface area (Å²) in [5.74, 6) is -0.358. The van der Waals surface area contributed by atoms with Crippen molar-refractivity contribution in [3.63, 3.8) is 0 Å².